The van der Waals surface area contributed by atoms with Gasteiger partial charge in [0.1, 0.15) is 0 Å². The molecule has 3 heteroatoms. The van der Waals surface area contributed by atoms with Gasteiger partial charge in [-0.1, -0.05) is 0 Å². The summed E-state index contributed by atoms with van der Waals surface area (Å²) in [5.74, 6) is 0. The van der Waals surface area contributed by atoms with Crippen molar-refractivity contribution in [2.75, 3.05) is 0 Å². The molecule has 0 nitrogen and oxygen atoms in total. The third-order valence-corrected chi connectivity index (χ3v) is 0.0825. The fourth-order valence-corrected chi connectivity index (χ4v) is 0. The van der Waals surface area contributed by atoms with Gasteiger partial charge in [0.05, 0.1) is 0 Å². The molecular weight excluding hydrogens is 81.0 g/mol. The Balaban J connectivity index is 3.14. The lowest BCUT2D eigenvalue weighted by molar-refractivity contribution is 0.400. The van der Waals surface area contributed by atoms with Gasteiger partial charge in [0.25, 0.3) is 6.08 Å². The van der Waals surface area contributed by atoms with Gasteiger partial charge in [-0.2, -0.15) is 8.78 Å². The predicted molar refractivity (Wildman–Crippen MR) is 11.4 cm³/mol. The van der Waals surface area contributed by atoms with Crippen LogP contribution in [0.1, 0.15) is 0 Å². The molecule has 0 unspecified atom stereocenters. The van der Waals surface area contributed by atoms with Gasteiger partial charge in [0, 0.05) is 0 Å². The van der Waals surface area contributed by atoms with Crippen LogP contribution in [0, 0.1) is 0 Å². The van der Waals surface area contributed by atoms with E-state index in [1.54, 1.807) is 0 Å². The van der Waals surface area contributed by atoms with E-state index < -0.39 is 12.4 Å². The molecular formula is C2HF3. The molecule has 5 heavy (non-hydrogen) atoms. The molecule has 0 aliphatic heterocycles. The van der Waals surface area contributed by atoms with Crippen molar-refractivity contribution in [3.63, 3.8) is 0 Å². The second-order valence-corrected chi connectivity index (χ2v) is 0.399. The van der Waals surface area contributed by atoms with Crippen LogP contribution in [0.3, 0.4) is 0 Å². The predicted octanol–water partition coefficient (Wildman–Crippen LogP) is 1.69. The van der Waals surface area contributed by atoms with Crippen molar-refractivity contribution < 1.29 is 13.2 Å². The first kappa shape index (κ1) is 4.53. The maximum Gasteiger partial charge on any atom is 0.298 e. The first-order chi connectivity index (χ1) is 2.27. The standard InChI is InChI=1S/C2HF3/c3-1-2(4)5/h1H. The highest BCUT2D eigenvalue weighted by Crippen LogP contribution is 1.93. The van der Waals surface area contributed by atoms with Crippen LogP contribution in [0.25, 0.3) is 0 Å². The summed E-state index contributed by atoms with van der Waals surface area (Å²) in [6.07, 6.45) is -3.04. The highest BCUT2D eigenvalue weighted by atomic mass is 19.3. The van der Waals surface area contributed by atoms with Gasteiger partial charge in [-0.15, -0.1) is 0 Å². The lowest BCUT2D eigenvalue weighted by Gasteiger charge is -1.59. The molecule has 0 aromatic rings. The van der Waals surface area contributed by atoms with E-state index >= 15 is 0 Å². The van der Waals surface area contributed by atoms with Crippen molar-refractivity contribution in [3.05, 3.63) is 12.4 Å². The third kappa shape index (κ3) is 3.53. The quantitative estimate of drug-likeness (QED) is 0.417. The minimum atomic E-state index is -2.29. The molecule has 0 bridgehead atoms. The molecule has 30 valence electrons. The second kappa shape index (κ2) is 1.81. The molecule has 0 rings (SSSR count). The van der Waals surface area contributed by atoms with Gasteiger partial charge in [-0.05, 0) is 0 Å². The lowest BCUT2D eigenvalue weighted by Crippen LogP contribution is -1.42. The highest BCUT2D eigenvalue weighted by molar-refractivity contribution is 4.66. The molecule has 0 aliphatic rings. The van der Waals surface area contributed by atoms with E-state index in [2.05, 4.69) is 0 Å². The fourth-order valence-electron chi connectivity index (χ4n) is 0. The van der Waals surface area contributed by atoms with Crippen LogP contribution >= 0.6 is 0 Å². The van der Waals surface area contributed by atoms with Crippen molar-refractivity contribution in [2.45, 2.75) is 0 Å². The van der Waals surface area contributed by atoms with Crippen molar-refractivity contribution in [3.8, 4) is 0 Å². The van der Waals surface area contributed by atoms with Crippen LogP contribution in [0.5, 0.6) is 0 Å². The summed E-state index contributed by atoms with van der Waals surface area (Å²) in [7, 11) is 0. The van der Waals surface area contributed by atoms with Crippen LogP contribution in [0.4, 0.5) is 13.2 Å². The van der Waals surface area contributed by atoms with Crippen LogP contribution in [-0.2, 0) is 0 Å². The van der Waals surface area contributed by atoms with Crippen molar-refractivity contribution in [1.29, 1.82) is 0 Å². The second-order valence-electron chi connectivity index (χ2n) is 0.399. The summed E-state index contributed by atoms with van der Waals surface area (Å²) >= 11 is 0. The van der Waals surface area contributed by atoms with Gasteiger partial charge in [0.2, 0.25) is 0 Å². The third-order valence-electron chi connectivity index (χ3n) is 0.0825. The zero-order valence-electron chi connectivity index (χ0n) is 2.21. The van der Waals surface area contributed by atoms with Crippen LogP contribution in [0.15, 0.2) is 12.4 Å². The summed E-state index contributed by atoms with van der Waals surface area (Å²) in [5.41, 5.74) is 0. The van der Waals surface area contributed by atoms with Crippen LogP contribution in [-0.4, -0.2) is 0 Å². The molecule has 0 N–H and O–H groups in total. The molecule has 0 aromatic carbocycles. The average molecular weight is 82.0 g/mol. The smallest absolute Gasteiger partial charge is 0.210 e. The van der Waals surface area contributed by atoms with Crippen molar-refractivity contribution in [2.24, 2.45) is 0 Å². The Morgan fingerprint density at radius 1 is 1.40 bits per heavy atom. The summed E-state index contributed by atoms with van der Waals surface area (Å²) < 4.78 is 30.7. The van der Waals surface area contributed by atoms with Gasteiger partial charge in [-0.3, -0.25) is 0 Å². The highest BCUT2D eigenvalue weighted by Gasteiger charge is 1.78. The minimum Gasteiger partial charge on any atom is -0.210 e. The van der Waals surface area contributed by atoms with Gasteiger partial charge in [-0.25, -0.2) is 4.39 Å². The monoisotopic (exact) mass is 82.0 g/mol. The van der Waals surface area contributed by atoms with Gasteiger partial charge in [0.15, 0.2) is 6.33 Å². The summed E-state index contributed by atoms with van der Waals surface area (Å²) in [5, 5.41) is 0. The molecule has 0 radical (unpaired) electrons. The number of hydrogen-bond donors (Lipinski definition) is 0. The first-order valence-corrected chi connectivity index (χ1v) is 0.885. The van der Waals surface area contributed by atoms with Gasteiger partial charge >= 0.3 is 0 Å². The molecule has 0 atom stereocenters. The first-order valence-electron chi connectivity index (χ1n) is 0.885. The summed E-state index contributed by atoms with van der Waals surface area (Å²) in [6, 6.07) is 0. The van der Waals surface area contributed by atoms with E-state index in [1.807, 2.05) is 0 Å². The number of rotatable bonds is 0. The zero-order valence-corrected chi connectivity index (χ0v) is 2.21. The minimum absolute atomic E-state index is 0.750. The van der Waals surface area contributed by atoms with Crippen molar-refractivity contribution in [1.82, 2.24) is 0 Å². The van der Waals surface area contributed by atoms with E-state index in [0.29, 0.717) is 0 Å². The Hall–Kier alpha value is -0.470. The molecule has 0 saturated heterocycles. The Labute approximate surface area is 26.9 Å². The summed E-state index contributed by atoms with van der Waals surface area (Å²) in [6.45, 7) is 0. The average Bonchev–Trinajstić information content (AvgIpc) is 1.38. The van der Waals surface area contributed by atoms with Crippen molar-refractivity contribution >= 4 is 0 Å². The maximum absolute atomic E-state index is 10.2. The molecule has 0 aromatic heterocycles. The normalized spacial score (nSPS) is 7.00. The summed E-state index contributed by atoms with van der Waals surface area (Å²) in [4.78, 5) is 0. The molecule has 0 spiro atoms. The number of hydrogen-bond acceptors (Lipinski definition) is 0. The largest absolute Gasteiger partial charge is 0.298 e. The Morgan fingerprint density at radius 3 is 1.60 bits per heavy atom. The Bertz CT molecular complexity index is 42.9. The van der Waals surface area contributed by atoms with E-state index in [1.165, 1.54) is 0 Å². The molecule has 0 amide bonds. The van der Waals surface area contributed by atoms with E-state index in [4.69, 9.17) is 0 Å². The molecule has 0 fully saturated rings. The van der Waals surface area contributed by atoms with Crippen LogP contribution < -0.4 is 0 Å². The molecule has 0 saturated carbocycles. The van der Waals surface area contributed by atoms with Gasteiger partial charge < -0.3 is 0 Å². The van der Waals surface area contributed by atoms with E-state index in [9.17, 15) is 13.2 Å². The molecule has 0 aliphatic carbocycles. The number of halogens is 3. The maximum atomic E-state index is 10.2. The Kier molecular flexibility index (Phi) is 1.64. The zero-order chi connectivity index (χ0) is 4.28. The van der Waals surface area contributed by atoms with Crippen LogP contribution in [0.2, 0.25) is 0 Å². The SMILES string of the molecule is FC=C(F)F. The van der Waals surface area contributed by atoms with E-state index in [0.717, 1.165) is 0 Å². The lowest BCUT2D eigenvalue weighted by atomic mass is 11.1. The Morgan fingerprint density at radius 2 is 1.60 bits per heavy atom. The fraction of sp³-hybridized carbons (Fsp3) is 0. The molecule has 0 heterocycles. The topological polar surface area (TPSA) is 0 Å². The van der Waals surface area contributed by atoms with E-state index in [-0.39, 0.29) is 0 Å².